The molecule has 3 nitrogen and oxygen atoms in total. The SMILES string of the molecule is N#C[C@H](c1cc(Br)ccc1F)N1CCOCC1. The predicted molar refractivity (Wildman–Crippen MR) is 64.8 cm³/mol. The van der Waals surface area contributed by atoms with Crippen LogP contribution in [0.1, 0.15) is 11.6 Å². The molecule has 0 radical (unpaired) electrons. The molecule has 0 N–H and O–H groups in total. The highest BCUT2D eigenvalue weighted by atomic mass is 79.9. The summed E-state index contributed by atoms with van der Waals surface area (Å²) < 4.78 is 19.7. The largest absolute Gasteiger partial charge is 0.379 e. The van der Waals surface area contributed by atoms with Gasteiger partial charge in [-0.25, -0.2) is 4.39 Å². The van der Waals surface area contributed by atoms with E-state index in [1.165, 1.54) is 6.07 Å². The van der Waals surface area contributed by atoms with Crippen LogP contribution in [-0.4, -0.2) is 31.2 Å². The van der Waals surface area contributed by atoms with Gasteiger partial charge in [-0.05, 0) is 18.2 Å². The third kappa shape index (κ3) is 2.83. The van der Waals surface area contributed by atoms with Crippen molar-refractivity contribution < 1.29 is 9.13 Å². The van der Waals surface area contributed by atoms with Gasteiger partial charge in [0.15, 0.2) is 0 Å². The minimum absolute atomic E-state index is 0.341. The van der Waals surface area contributed by atoms with E-state index < -0.39 is 6.04 Å². The standard InChI is InChI=1S/C12H12BrFN2O/c13-9-1-2-11(14)10(7-9)12(8-15)16-3-5-17-6-4-16/h1-2,7,12H,3-6H2/t12-/m1/s1. The van der Waals surface area contributed by atoms with Crippen molar-refractivity contribution in [2.45, 2.75) is 6.04 Å². The van der Waals surface area contributed by atoms with Crippen LogP contribution in [0, 0.1) is 17.1 Å². The molecule has 1 saturated heterocycles. The Hall–Kier alpha value is -0.960. The Morgan fingerprint density at radius 2 is 2.12 bits per heavy atom. The van der Waals surface area contributed by atoms with Gasteiger partial charge in [-0.1, -0.05) is 15.9 Å². The van der Waals surface area contributed by atoms with Gasteiger partial charge >= 0.3 is 0 Å². The van der Waals surface area contributed by atoms with Crippen molar-refractivity contribution in [1.82, 2.24) is 4.90 Å². The quantitative estimate of drug-likeness (QED) is 0.842. The van der Waals surface area contributed by atoms with Gasteiger partial charge in [0.2, 0.25) is 0 Å². The van der Waals surface area contributed by atoms with Crippen molar-refractivity contribution in [2.24, 2.45) is 0 Å². The van der Waals surface area contributed by atoms with Gasteiger partial charge < -0.3 is 4.74 Å². The van der Waals surface area contributed by atoms with Crippen LogP contribution in [0.2, 0.25) is 0 Å². The minimum atomic E-state index is -0.545. The van der Waals surface area contributed by atoms with Crippen LogP contribution in [0.25, 0.3) is 0 Å². The molecule has 0 aromatic heterocycles. The number of nitrogens with zero attached hydrogens (tertiary/aromatic N) is 2. The van der Waals surface area contributed by atoms with Crippen LogP contribution in [0.5, 0.6) is 0 Å². The highest BCUT2D eigenvalue weighted by molar-refractivity contribution is 9.10. The van der Waals surface area contributed by atoms with Crippen molar-refractivity contribution >= 4 is 15.9 Å². The molecule has 1 fully saturated rings. The first-order valence-electron chi connectivity index (χ1n) is 5.38. The fraction of sp³-hybridized carbons (Fsp3) is 0.417. The number of nitriles is 1. The van der Waals surface area contributed by atoms with E-state index in [1.54, 1.807) is 12.1 Å². The molecule has 0 bridgehead atoms. The van der Waals surface area contributed by atoms with Crippen LogP contribution in [-0.2, 0) is 4.74 Å². The molecular weight excluding hydrogens is 287 g/mol. The number of hydrogen-bond donors (Lipinski definition) is 0. The average Bonchev–Trinajstić information content (AvgIpc) is 2.36. The Kier molecular flexibility index (Phi) is 4.11. The smallest absolute Gasteiger partial charge is 0.129 e. The first-order valence-corrected chi connectivity index (χ1v) is 6.18. The first kappa shape index (κ1) is 12.5. The van der Waals surface area contributed by atoms with E-state index in [2.05, 4.69) is 22.0 Å². The molecule has 90 valence electrons. The Balaban J connectivity index is 2.28. The summed E-state index contributed by atoms with van der Waals surface area (Å²) >= 11 is 3.30. The van der Waals surface area contributed by atoms with E-state index in [9.17, 15) is 9.65 Å². The maximum absolute atomic E-state index is 13.7. The Labute approximate surface area is 108 Å². The second-order valence-electron chi connectivity index (χ2n) is 3.85. The number of ether oxygens (including phenoxy) is 1. The van der Waals surface area contributed by atoms with Crippen molar-refractivity contribution in [3.05, 3.63) is 34.1 Å². The molecule has 1 aromatic carbocycles. The van der Waals surface area contributed by atoms with Crippen LogP contribution in [0.4, 0.5) is 4.39 Å². The van der Waals surface area contributed by atoms with Crippen LogP contribution >= 0.6 is 15.9 Å². The predicted octanol–water partition coefficient (Wildman–Crippen LogP) is 2.49. The third-order valence-electron chi connectivity index (χ3n) is 2.79. The summed E-state index contributed by atoms with van der Waals surface area (Å²) in [5.41, 5.74) is 0.420. The average molecular weight is 299 g/mol. The fourth-order valence-corrected chi connectivity index (χ4v) is 2.29. The van der Waals surface area contributed by atoms with Gasteiger partial charge in [0.05, 0.1) is 19.3 Å². The number of benzene rings is 1. The number of hydrogen-bond acceptors (Lipinski definition) is 3. The van der Waals surface area contributed by atoms with Crippen molar-refractivity contribution in [3.63, 3.8) is 0 Å². The Morgan fingerprint density at radius 1 is 1.41 bits per heavy atom. The summed E-state index contributed by atoms with van der Waals surface area (Å²) in [6, 6.07) is 6.30. The maximum atomic E-state index is 13.7. The number of halogens is 2. The van der Waals surface area contributed by atoms with E-state index in [4.69, 9.17) is 4.74 Å². The van der Waals surface area contributed by atoms with E-state index in [-0.39, 0.29) is 5.82 Å². The zero-order valence-electron chi connectivity index (χ0n) is 9.20. The summed E-state index contributed by atoms with van der Waals surface area (Å²) in [7, 11) is 0. The van der Waals surface area contributed by atoms with Gasteiger partial charge in [0.25, 0.3) is 0 Å². The highest BCUT2D eigenvalue weighted by Crippen LogP contribution is 2.26. The minimum Gasteiger partial charge on any atom is -0.379 e. The Morgan fingerprint density at radius 3 is 2.76 bits per heavy atom. The molecule has 1 aliphatic rings. The van der Waals surface area contributed by atoms with Crippen LogP contribution < -0.4 is 0 Å². The second kappa shape index (κ2) is 5.58. The zero-order valence-corrected chi connectivity index (χ0v) is 10.8. The third-order valence-corrected chi connectivity index (χ3v) is 3.28. The second-order valence-corrected chi connectivity index (χ2v) is 4.76. The first-order chi connectivity index (χ1) is 8.22. The molecule has 1 heterocycles. The van der Waals surface area contributed by atoms with E-state index >= 15 is 0 Å². The Bertz CT molecular complexity index is 441. The topological polar surface area (TPSA) is 36.3 Å². The number of morpholine rings is 1. The van der Waals surface area contributed by atoms with E-state index in [0.29, 0.717) is 31.9 Å². The maximum Gasteiger partial charge on any atom is 0.129 e. The molecule has 1 aliphatic heterocycles. The molecule has 17 heavy (non-hydrogen) atoms. The molecule has 0 spiro atoms. The molecular formula is C12H12BrFN2O. The van der Waals surface area contributed by atoms with Gasteiger partial charge in [0, 0.05) is 23.1 Å². The normalized spacial score (nSPS) is 18.6. The summed E-state index contributed by atoms with van der Waals surface area (Å²) in [4.78, 5) is 1.94. The van der Waals surface area contributed by atoms with Crippen molar-refractivity contribution in [2.75, 3.05) is 26.3 Å². The lowest BCUT2D eigenvalue weighted by atomic mass is 10.1. The summed E-state index contributed by atoms with van der Waals surface area (Å²) in [6.45, 7) is 2.50. The summed E-state index contributed by atoms with van der Waals surface area (Å²) in [5.74, 6) is -0.341. The van der Waals surface area contributed by atoms with Gasteiger partial charge in [-0.2, -0.15) is 5.26 Å². The summed E-state index contributed by atoms with van der Waals surface area (Å²) in [5, 5.41) is 9.23. The number of rotatable bonds is 2. The van der Waals surface area contributed by atoms with Gasteiger partial charge in [-0.3, -0.25) is 4.90 Å². The molecule has 1 atom stereocenters. The monoisotopic (exact) mass is 298 g/mol. The molecule has 2 rings (SSSR count). The zero-order chi connectivity index (χ0) is 12.3. The van der Waals surface area contributed by atoms with Crippen LogP contribution in [0.3, 0.4) is 0 Å². The van der Waals surface area contributed by atoms with Crippen LogP contribution in [0.15, 0.2) is 22.7 Å². The van der Waals surface area contributed by atoms with Crippen molar-refractivity contribution in [3.8, 4) is 6.07 Å². The van der Waals surface area contributed by atoms with Gasteiger partial charge in [0.1, 0.15) is 11.9 Å². The lowest BCUT2D eigenvalue weighted by Crippen LogP contribution is -2.38. The van der Waals surface area contributed by atoms with Gasteiger partial charge in [-0.15, -0.1) is 0 Å². The van der Waals surface area contributed by atoms with E-state index in [0.717, 1.165) is 4.47 Å². The molecule has 1 aromatic rings. The molecule has 0 saturated carbocycles. The molecule has 0 aliphatic carbocycles. The molecule has 5 heteroatoms. The highest BCUT2D eigenvalue weighted by Gasteiger charge is 2.24. The van der Waals surface area contributed by atoms with E-state index in [1.807, 2.05) is 4.90 Å². The summed E-state index contributed by atoms with van der Waals surface area (Å²) in [6.07, 6.45) is 0. The van der Waals surface area contributed by atoms with Crippen molar-refractivity contribution in [1.29, 1.82) is 5.26 Å². The molecule has 0 unspecified atom stereocenters. The lowest BCUT2D eigenvalue weighted by molar-refractivity contribution is 0.0261. The fourth-order valence-electron chi connectivity index (χ4n) is 1.91. The molecule has 0 amide bonds. The lowest BCUT2D eigenvalue weighted by Gasteiger charge is -2.30.